The van der Waals surface area contributed by atoms with Gasteiger partial charge < -0.3 is 20.7 Å². The second kappa shape index (κ2) is 11.2. The van der Waals surface area contributed by atoms with Crippen molar-refractivity contribution in [2.24, 2.45) is 40.2 Å². The Morgan fingerprint density at radius 3 is 2.47 bits per heavy atom. The number of carbonyl (C=O) groups excluding carboxylic acids is 1. The molecule has 8 nitrogen and oxygen atoms in total. The van der Waals surface area contributed by atoms with E-state index < -0.39 is 0 Å². The van der Waals surface area contributed by atoms with Crippen molar-refractivity contribution in [3.8, 4) is 5.75 Å². The number of nitrogens with zero attached hydrogens (tertiary/aromatic N) is 2. The van der Waals surface area contributed by atoms with E-state index in [1.807, 2.05) is 49.9 Å². The van der Waals surface area contributed by atoms with Crippen molar-refractivity contribution < 1.29 is 11.0 Å². The molecular formula is C22H40N6O2. The number of urea groups is 1. The molecule has 0 unspecified atom stereocenters. The van der Waals surface area contributed by atoms with Crippen molar-refractivity contribution in [1.82, 2.24) is 10.2 Å². The van der Waals surface area contributed by atoms with Gasteiger partial charge in [0.1, 0.15) is 5.75 Å². The monoisotopic (exact) mass is 420 g/mol. The van der Waals surface area contributed by atoms with Crippen LogP contribution in [0, 0.1) is 17.8 Å². The van der Waals surface area contributed by atoms with Crippen LogP contribution in [-0.2, 0) is 0 Å². The molecule has 1 aliphatic heterocycles. The second-order valence-electron chi connectivity index (χ2n) is 9.07. The normalized spacial score (nSPS) is 21.7. The first-order valence-electron chi connectivity index (χ1n) is 10.7. The maximum atomic E-state index is 12.3. The fourth-order valence-electron chi connectivity index (χ4n) is 4.15. The molecule has 2 aliphatic rings. The molecule has 2 fully saturated rings. The predicted molar refractivity (Wildman–Crippen MR) is 124 cm³/mol. The van der Waals surface area contributed by atoms with Gasteiger partial charge in [0, 0.05) is 20.1 Å². The highest BCUT2D eigenvalue weighted by atomic mass is 16.5. The zero-order chi connectivity index (χ0) is 22.1. The average Bonchev–Trinajstić information content (AvgIpc) is 3.49. The number of hydrogen-bond acceptors (Lipinski definition) is 5. The molecule has 1 aromatic carbocycles. The summed E-state index contributed by atoms with van der Waals surface area (Å²) in [7, 11) is 0. The third-order valence-electron chi connectivity index (χ3n) is 5.71. The first-order valence-corrected chi connectivity index (χ1v) is 10.7. The number of piperidine rings is 1. The van der Waals surface area contributed by atoms with E-state index in [2.05, 4.69) is 22.0 Å². The Bertz CT molecular complexity index is 684. The highest BCUT2D eigenvalue weighted by Gasteiger charge is 2.43. The molecule has 0 spiro atoms. The second-order valence-corrected chi connectivity index (χ2v) is 9.07. The van der Waals surface area contributed by atoms with E-state index in [0.717, 1.165) is 68.1 Å². The van der Waals surface area contributed by atoms with Gasteiger partial charge in [0.25, 0.3) is 0 Å². The summed E-state index contributed by atoms with van der Waals surface area (Å²) in [6.07, 6.45) is 5.97. The highest BCUT2D eigenvalue weighted by Crippen LogP contribution is 2.49. The van der Waals surface area contributed by atoms with E-state index in [-0.39, 0.29) is 13.0 Å². The predicted octanol–water partition coefficient (Wildman–Crippen LogP) is 3.00. The van der Waals surface area contributed by atoms with E-state index in [4.69, 9.17) is 10.5 Å². The van der Waals surface area contributed by atoms with Crippen molar-refractivity contribution in [1.29, 1.82) is 0 Å². The van der Waals surface area contributed by atoms with E-state index in [1.165, 1.54) is 12.8 Å². The largest absolute Gasteiger partial charge is 0.494 e. The smallest absolute Gasteiger partial charge is 0.317 e. The number of likely N-dealkylation sites (tertiary alicyclic amines) is 1. The maximum absolute atomic E-state index is 12.3. The van der Waals surface area contributed by atoms with Crippen molar-refractivity contribution in [2.45, 2.75) is 52.0 Å². The number of hydrazine groups is 1. The van der Waals surface area contributed by atoms with Crippen LogP contribution in [0.15, 0.2) is 29.3 Å². The van der Waals surface area contributed by atoms with Crippen LogP contribution >= 0.6 is 0 Å². The van der Waals surface area contributed by atoms with Gasteiger partial charge in [0.2, 0.25) is 0 Å². The summed E-state index contributed by atoms with van der Waals surface area (Å²) < 4.78 is 5.88. The van der Waals surface area contributed by atoms with E-state index in [1.54, 1.807) is 0 Å². The number of rotatable bonds is 6. The van der Waals surface area contributed by atoms with E-state index >= 15 is 0 Å². The lowest BCUT2D eigenvalue weighted by Gasteiger charge is -2.34. The minimum Gasteiger partial charge on any atom is -0.494 e. The topological polar surface area (TPSA) is 132 Å². The van der Waals surface area contributed by atoms with Crippen molar-refractivity contribution >= 4 is 18.1 Å². The van der Waals surface area contributed by atoms with Gasteiger partial charge >= 0.3 is 6.03 Å². The minimum atomic E-state index is -0.173. The minimum absolute atomic E-state index is 0. The highest BCUT2D eigenvalue weighted by molar-refractivity contribution is 5.75. The molecule has 8 heteroatoms. The summed E-state index contributed by atoms with van der Waals surface area (Å²) in [5, 5.41) is 3.07. The number of ether oxygens (including phenoxy) is 1. The van der Waals surface area contributed by atoms with Crippen LogP contribution in [0.5, 0.6) is 5.75 Å². The zero-order valence-electron chi connectivity index (χ0n) is 18.5. The third kappa shape index (κ3) is 7.50. The Balaban J connectivity index is 0.00000156. The number of hydrogen-bond donors (Lipinski definition) is 4. The maximum Gasteiger partial charge on any atom is 0.317 e. The SMILES string of the molecule is CC(C)(C)NC(=O)N1CCC([C@H]2C[C@H]2CCOc2ccc(N=CN)cc2)CC1.NN.[HH]. The van der Waals surface area contributed by atoms with Gasteiger partial charge in [-0.25, -0.2) is 9.79 Å². The van der Waals surface area contributed by atoms with Crippen LogP contribution in [0.4, 0.5) is 10.5 Å². The number of nitrogens with two attached hydrogens (primary N) is 3. The first kappa shape index (κ1) is 24.0. The lowest BCUT2D eigenvalue weighted by Crippen LogP contribution is -2.50. The molecule has 2 amide bonds. The molecule has 1 aliphatic carbocycles. The van der Waals surface area contributed by atoms with Crippen LogP contribution in [0.2, 0.25) is 0 Å². The molecular weight excluding hydrogens is 380 g/mol. The molecule has 0 radical (unpaired) electrons. The van der Waals surface area contributed by atoms with Gasteiger partial charge in [-0.2, -0.15) is 0 Å². The standard InChI is InChI=1S/C22H34N4O2.H4N2.H2/c1-22(2,3)25-21(27)26-11-8-16(9-12-26)20-14-17(20)10-13-28-19-6-4-18(5-7-19)24-15-23;1-2;/h4-7,15-17,20H,8-14H2,1-3H3,(H2,23,24)(H,25,27);1-2H2;1H/t17-,20-;;/m1../s1. The summed E-state index contributed by atoms with van der Waals surface area (Å²) in [6, 6.07) is 7.76. The third-order valence-corrected chi connectivity index (χ3v) is 5.71. The lowest BCUT2D eigenvalue weighted by molar-refractivity contribution is 0.155. The van der Waals surface area contributed by atoms with Gasteiger partial charge in [0.15, 0.2) is 0 Å². The summed E-state index contributed by atoms with van der Waals surface area (Å²) in [6.45, 7) is 8.59. The summed E-state index contributed by atoms with van der Waals surface area (Å²) >= 11 is 0. The Morgan fingerprint density at radius 1 is 1.27 bits per heavy atom. The van der Waals surface area contributed by atoms with Crippen LogP contribution in [0.25, 0.3) is 0 Å². The molecule has 170 valence electrons. The molecule has 1 saturated carbocycles. The van der Waals surface area contributed by atoms with Crippen molar-refractivity contribution in [3.63, 3.8) is 0 Å². The molecule has 0 aromatic heterocycles. The van der Waals surface area contributed by atoms with Gasteiger partial charge in [-0.3, -0.25) is 11.7 Å². The summed E-state index contributed by atoms with van der Waals surface area (Å²) in [4.78, 5) is 18.3. The number of amides is 2. The molecule has 0 bridgehead atoms. The fraction of sp³-hybridized carbons (Fsp3) is 0.636. The molecule has 2 atom stereocenters. The molecule has 3 rings (SSSR count). The Labute approximate surface area is 181 Å². The van der Waals surface area contributed by atoms with Crippen LogP contribution < -0.4 is 27.5 Å². The van der Waals surface area contributed by atoms with E-state index in [0.29, 0.717) is 0 Å². The molecule has 30 heavy (non-hydrogen) atoms. The lowest BCUT2D eigenvalue weighted by atomic mass is 9.90. The average molecular weight is 421 g/mol. The van der Waals surface area contributed by atoms with Crippen LogP contribution in [0.1, 0.15) is 47.9 Å². The van der Waals surface area contributed by atoms with Gasteiger partial charge in [0.05, 0.1) is 18.6 Å². The van der Waals surface area contributed by atoms with Gasteiger partial charge in [-0.1, -0.05) is 0 Å². The number of nitrogens with one attached hydrogen (secondary N) is 1. The molecule has 1 heterocycles. The van der Waals surface area contributed by atoms with Gasteiger partial charge in [-0.05, 0) is 88.5 Å². The Morgan fingerprint density at radius 2 is 1.90 bits per heavy atom. The molecule has 7 N–H and O–H groups in total. The number of carbonyl (C=O) groups is 1. The van der Waals surface area contributed by atoms with Crippen LogP contribution in [-0.4, -0.2) is 42.5 Å². The number of aliphatic imine (C=N–C) groups is 1. The number of benzene rings is 1. The quantitative estimate of drug-likeness (QED) is 0.243. The van der Waals surface area contributed by atoms with E-state index in [9.17, 15) is 4.79 Å². The van der Waals surface area contributed by atoms with Crippen molar-refractivity contribution in [2.75, 3.05) is 19.7 Å². The zero-order valence-corrected chi connectivity index (χ0v) is 18.5. The summed E-state index contributed by atoms with van der Waals surface area (Å²) in [5.41, 5.74) is 5.95. The first-order chi connectivity index (χ1) is 14.4. The van der Waals surface area contributed by atoms with Crippen LogP contribution in [0.3, 0.4) is 0 Å². The van der Waals surface area contributed by atoms with Crippen molar-refractivity contribution in [3.05, 3.63) is 24.3 Å². The molecule has 1 aromatic rings. The Hall–Kier alpha value is -2.32. The summed E-state index contributed by atoms with van der Waals surface area (Å²) in [5.74, 6) is 11.2. The fourth-order valence-corrected chi connectivity index (χ4v) is 4.15. The Kier molecular flexibility index (Phi) is 8.92. The van der Waals surface area contributed by atoms with Gasteiger partial charge in [-0.15, -0.1) is 0 Å². The molecule has 1 saturated heterocycles.